The van der Waals surface area contributed by atoms with E-state index in [0.29, 0.717) is 17.7 Å². The van der Waals surface area contributed by atoms with Crippen LogP contribution >= 0.6 is 0 Å². The molecule has 4 rings (SSSR count). The molecular formula is C20H24N2O6S. The molecule has 156 valence electrons. The molecular weight excluding hydrogens is 396 g/mol. The Kier molecular flexibility index (Phi) is 4.24. The second-order valence-corrected chi connectivity index (χ2v) is 10.5. The molecule has 1 fully saturated rings. The molecule has 1 spiro atoms. The lowest BCUT2D eigenvalue weighted by atomic mass is 9.90. The highest BCUT2D eigenvalue weighted by atomic mass is 32.2. The molecule has 0 radical (unpaired) electrons. The summed E-state index contributed by atoms with van der Waals surface area (Å²) in [5.41, 5.74) is -0.0805. The van der Waals surface area contributed by atoms with E-state index in [1.165, 1.54) is 9.21 Å². The van der Waals surface area contributed by atoms with Crippen molar-refractivity contribution in [2.45, 2.75) is 50.2 Å². The fourth-order valence-electron chi connectivity index (χ4n) is 3.90. The van der Waals surface area contributed by atoms with Gasteiger partial charge in [0.2, 0.25) is 0 Å². The van der Waals surface area contributed by atoms with Crippen molar-refractivity contribution in [2.24, 2.45) is 0 Å². The molecule has 0 saturated carbocycles. The number of hydrogen-bond acceptors (Lipinski definition) is 6. The summed E-state index contributed by atoms with van der Waals surface area (Å²) < 4.78 is 38.7. The Morgan fingerprint density at radius 3 is 2.38 bits per heavy atom. The number of fused-ring (bicyclic) bond motifs is 1. The van der Waals surface area contributed by atoms with Gasteiger partial charge in [-0.1, -0.05) is 17.7 Å². The van der Waals surface area contributed by atoms with E-state index in [1.54, 1.807) is 45.0 Å². The Balaban J connectivity index is 1.61. The summed E-state index contributed by atoms with van der Waals surface area (Å²) in [6.45, 7) is 7.52. The van der Waals surface area contributed by atoms with Crippen LogP contribution in [0.5, 0.6) is 0 Å². The topological polar surface area (TPSA) is 93.2 Å². The van der Waals surface area contributed by atoms with Gasteiger partial charge in [0.15, 0.2) is 5.60 Å². The third-order valence-corrected chi connectivity index (χ3v) is 7.03. The third kappa shape index (κ3) is 3.17. The smallest absolute Gasteiger partial charge is 0.410 e. The van der Waals surface area contributed by atoms with Crippen molar-refractivity contribution < 1.29 is 27.5 Å². The van der Waals surface area contributed by atoms with Gasteiger partial charge < -0.3 is 9.47 Å². The summed E-state index contributed by atoms with van der Waals surface area (Å²) in [5.74, 6) is -0.509. The van der Waals surface area contributed by atoms with Crippen molar-refractivity contribution in [1.29, 1.82) is 0 Å². The number of benzene rings is 1. The van der Waals surface area contributed by atoms with Gasteiger partial charge in [0.05, 0.1) is 29.3 Å². The zero-order chi connectivity index (χ0) is 21.2. The van der Waals surface area contributed by atoms with Crippen molar-refractivity contribution in [2.75, 3.05) is 19.6 Å². The number of carbonyl (C=O) groups is 2. The highest BCUT2D eigenvalue weighted by molar-refractivity contribution is 7.89. The number of ether oxygens (including phenoxy) is 2. The van der Waals surface area contributed by atoms with Crippen LogP contribution in [-0.2, 0) is 24.3 Å². The van der Waals surface area contributed by atoms with Crippen molar-refractivity contribution in [1.82, 2.24) is 9.21 Å². The Bertz CT molecular complexity index is 1010. The first kappa shape index (κ1) is 19.8. The largest absolute Gasteiger partial charge is 0.445 e. The zero-order valence-electron chi connectivity index (χ0n) is 16.9. The van der Waals surface area contributed by atoms with Crippen molar-refractivity contribution in [3.8, 4) is 0 Å². The quantitative estimate of drug-likeness (QED) is 0.681. The van der Waals surface area contributed by atoms with E-state index in [9.17, 15) is 18.0 Å². The number of aryl methyl sites for hydroxylation is 1. The Labute approximate surface area is 170 Å². The van der Waals surface area contributed by atoms with Crippen molar-refractivity contribution in [3.63, 3.8) is 0 Å². The SMILES string of the molecule is Cc1ccc(S(=O)(=O)N2CCC3=C2C2(CN(C(=O)OC(C)(C)C)C2)OC3=O)cc1. The molecule has 0 atom stereocenters. The van der Waals surface area contributed by atoms with Gasteiger partial charge in [0.25, 0.3) is 10.0 Å². The first-order valence-corrected chi connectivity index (χ1v) is 10.9. The standard InChI is InChI=1S/C20H24N2O6S/c1-13-5-7-14(8-6-13)29(25,26)22-10-9-15-16(22)20(27-17(15)23)11-21(12-20)18(24)28-19(2,3)4/h5-8H,9-12H2,1-4H3. The summed E-state index contributed by atoms with van der Waals surface area (Å²) in [7, 11) is -3.84. The van der Waals surface area contributed by atoms with E-state index in [1.807, 2.05) is 6.92 Å². The van der Waals surface area contributed by atoms with E-state index >= 15 is 0 Å². The lowest BCUT2D eigenvalue weighted by Gasteiger charge is -2.48. The molecule has 3 aliphatic rings. The maximum atomic E-state index is 13.2. The number of sulfonamides is 1. The highest BCUT2D eigenvalue weighted by Gasteiger charge is 2.62. The van der Waals surface area contributed by atoms with Crippen LogP contribution in [-0.4, -0.2) is 60.5 Å². The molecule has 1 aromatic carbocycles. The normalized spacial score (nSPS) is 20.6. The molecule has 8 nitrogen and oxygen atoms in total. The van der Waals surface area contributed by atoms with E-state index in [2.05, 4.69) is 0 Å². The van der Waals surface area contributed by atoms with E-state index in [4.69, 9.17) is 9.47 Å². The van der Waals surface area contributed by atoms with Crippen LogP contribution in [0, 0.1) is 6.92 Å². The van der Waals surface area contributed by atoms with E-state index in [-0.39, 0.29) is 24.5 Å². The minimum Gasteiger partial charge on any atom is -0.445 e. The minimum atomic E-state index is -3.84. The Morgan fingerprint density at radius 2 is 1.79 bits per heavy atom. The fourth-order valence-corrected chi connectivity index (χ4v) is 5.48. The maximum Gasteiger partial charge on any atom is 0.410 e. The van der Waals surface area contributed by atoms with Crippen LogP contribution in [0.15, 0.2) is 40.4 Å². The van der Waals surface area contributed by atoms with Crippen LogP contribution < -0.4 is 0 Å². The van der Waals surface area contributed by atoms with Crippen LogP contribution in [0.25, 0.3) is 0 Å². The molecule has 0 aromatic heterocycles. The number of carbonyl (C=O) groups excluding carboxylic acids is 2. The molecule has 3 aliphatic heterocycles. The second-order valence-electron chi connectivity index (χ2n) is 8.69. The molecule has 0 aliphatic carbocycles. The van der Waals surface area contributed by atoms with Crippen LogP contribution in [0.3, 0.4) is 0 Å². The maximum absolute atomic E-state index is 13.2. The zero-order valence-corrected chi connectivity index (χ0v) is 17.7. The average molecular weight is 420 g/mol. The van der Waals surface area contributed by atoms with Gasteiger partial charge in [-0.05, 0) is 39.8 Å². The van der Waals surface area contributed by atoms with Crippen molar-refractivity contribution in [3.05, 3.63) is 41.1 Å². The summed E-state index contributed by atoms with van der Waals surface area (Å²) in [5, 5.41) is 0. The van der Waals surface area contributed by atoms with Crippen LogP contribution in [0.2, 0.25) is 0 Å². The molecule has 1 amide bonds. The number of hydrogen-bond donors (Lipinski definition) is 0. The fraction of sp³-hybridized carbons (Fsp3) is 0.500. The average Bonchev–Trinajstić information content (AvgIpc) is 3.12. The molecule has 0 bridgehead atoms. The summed E-state index contributed by atoms with van der Waals surface area (Å²) in [6, 6.07) is 6.58. The summed E-state index contributed by atoms with van der Waals surface area (Å²) in [4.78, 5) is 26.3. The van der Waals surface area contributed by atoms with Crippen LogP contribution in [0.1, 0.15) is 32.8 Å². The highest BCUT2D eigenvalue weighted by Crippen LogP contribution is 2.48. The van der Waals surface area contributed by atoms with Gasteiger partial charge in [-0.2, -0.15) is 0 Å². The summed E-state index contributed by atoms with van der Waals surface area (Å²) in [6.07, 6.45) is -0.216. The van der Waals surface area contributed by atoms with Gasteiger partial charge in [0, 0.05) is 13.0 Å². The predicted molar refractivity (Wildman–Crippen MR) is 103 cm³/mol. The van der Waals surface area contributed by atoms with Gasteiger partial charge >= 0.3 is 12.1 Å². The Morgan fingerprint density at radius 1 is 1.17 bits per heavy atom. The predicted octanol–water partition coefficient (Wildman–Crippen LogP) is 2.19. The van der Waals surface area contributed by atoms with Gasteiger partial charge in [0.1, 0.15) is 5.60 Å². The number of rotatable bonds is 2. The first-order valence-electron chi connectivity index (χ1n) is 9.47. The molecule has 3 heterocycles. The van der Waals surface area contributed by atoms with Gasteiger partial charge in [-0.15, -0.1) is 0 Å². The van der Waals surface area contributed by atoms with Crippen molar-refractivity contribution >= 4 is 22.1 Å². The lowest BCUT2D eigenvalue weighted by Crippen LogP contribution is -2.67. The molecule has 1 saturated heterocycles. The van der Waals surface area contributed by atoms with E-state index in [0.717, 1.165) is 5.56 Å². The third-order valence-electron chi connectivity index (χ3n) is 5.22. The molecule has 0 unspecified atom stereocenters. The molecule has 0 N–H and O–H groups in total. The van der Waals surface area contributed by atoms with Gasteiger partial charge in [-0.25, -0.2) is 18.0 Å². The molecule has 1 aromatic rings. The number of nitrogens with zero attached hydrogens (tertiary/aromatic N) is 2. The molecule has 9 heteroatoms. The molecule has 29 heavy (non-hydrogen) atoms. The number of likely N-dealkylation sites (tertiary alicyclic amines) is 1. The van der Waals surface area contributed by atoms with E-state index < -0.39 is 33.3 Å². The van der Waals surface area contributed by atoms with Crippen LogP contribution in [0.4, 0.5) is 4.79 Å². The monoisotopic (exact) mass is 420 g/mol. The first-order chi connectivity index (χ1) is 13.4. The van der Waals surface area contributed by atoms with Gasteiger partial charge in [-0.3, -0.25) is 9.21 Å². The summed E-state index contributed by atoms with van der Waals surface area (Å²) >= 11 is 0. The Hall–Kier alpha value is -2.55. The second kappa shape index (κ2) is 6.22. The number of esters is 1. The minimum absolute atomic E-state index is 0.0758. The lowest BCUT2D eigenvalue weighted by molar-refractivity contribution is -0.162. The number of amides is 1.